The Bertz CT molecular complexity index is 556. The fourth-order valence-electron chi connectivity index (χ4n) is 3.40. The molecule has 2 unspecified atom stereocenters. The van der Waals surface area contributed by atoms with Crippen LogP contribution in [-0.4, -0.2) is 62.2 Å². The van der Waals surface area contributed by atoms with E-state index in [2.05, 4.69) is 64.3 Å². The fraction of sp³-hybridized carbons (Fsp3) is 0.650. The third kappa shape index (κ3) is 6.09. The van der Waals surface area contributed by atoms with Crippen LogP contribution in [0.3, 0.4) is 0 Å². The Labute approximate surface area is 163 Å². The van der Waals surface area contributed by atoms with Gasteiger partial charge < -0.3 is 15.4 Å². The lowest BCUT2D eigenvalue weighted by Gasteiger charge is -2.31. The summed E-state index contributed by atoms with van der Waals surface area (Å²) in [5, 5.41) is 7.73. The molecule has 146 valence electrons. The molecule has 2 atom stereocenters. The first kappa shape index (κ1) is 20.9. The molecule has 6 heteroatoms. The fourth-order valence-corrected chi connectivity index (χ4v) is 4.60. The number of hydrogen-bond donors (Lipinski definition) is 2. The van der Waals surface area contributed by atoms with Gasteiger partial charge in [0.15, 0.2) is 5.96 Å². The molecule has 1 saturated heterocycles. The lowest BCUT2D eigenvalue weighted by molar-refractivity contribution is 0.218. The number of benzene rings is 1. The minimum absolute atomic E-state index is 0.277. The summed E-state index contributed by atoms with van der Waals surface area (Å²) in [5.74, 6) is 3.08. The summed E-state index contributed by atoms with van der Waals surface area (Å²) >= 11 is 2.06. The first-order valence-corrected chi connectivity index (χ1v) is 10.7. The van der Waals surface area contributed by atoms with Crippen LogP contribution in [0.1, 0.15) is 38.3 Å². The maximum atomic E-state index is 5.42. The minimum Gasteiger partial charge on any atom is -0.497 e. The van der Waals surface area contributed by atoms with Gasteiger partial charge >= 0.3 is 0 Å². The van der Waals surface area contributed by atoms with Gasteiger partial charge in [0.1, 0.15) is 5.75 Å². The zero-order valence-corrected chi connectivity index (χ0v) is 17.4. The number of nitrogens with one attached hydrogen (secondary N) is 2. The maximum absolute atomic E-state index is 5.42. The molecule has 0 radical (unpaired) electrons. The van der Waals surface area contributed by atoms with Crippen LogP contribution in [0.2, 0.25) is 0 Å². The summed E-state index contributed by atoms with van der Waals surface area (Å²) in [6, 6.07) is 8.65. The van der Waals surface area contributed by atoms with Crippen molar-refractivity contribution in [2.45, 2.75) is 38.0 Å². The summed E-state index contributed by atoms with van der Waals surface area (Å²) in [4.78, 5) is 6.86. The molecule has 0 aromatic heterocycles. The van der Waals surface area contributed by atoms with Crippen LogP contribution in [0.5, 0.6) is 5.75 Å². The highest BCUT2D eigenvalue weighted by Crippen LogP contribution is 2.25. The van der Waals surface area contributed by atoms with Gasteiger partial charge in [0.05, 0.1) is 13.2 Å². The normalized spacial score (nSPS) is 18.8. The first-order valence-electron chi connectivity index (χ1n) is 9.65. The Morgan fingerprint density at radius 3 is 2.77 bits per heavy atom. The number of rotatable bonds is 9. The second kappa shape index (κ2) is 11.3. The number of methoxy groups -OCH3 is 1. The van der Waals surface area contributed by atoms with Gasteiger partial charge in [0.2, 0.25) is 0 Å². The summed E-state index contributed by atoms with van der Waals surface area (Å²) in [5.41, 5.74) is 1.27. The smallest absolute Gasteiger partial charge is 0.191 e. The summed E-state index contributed by atoms with van der Waals surface area (Å²) in [7, 11) is 3.56. The van der Waals surface area contributed by atoms with Crippen molar-refractivity contribution in [1.29, 1.82) is 0 Å². The van der Waals surface area contributed by atoms with Gasteiger partial charge in [0.25, 0.3) is 0 Å². The molecular formula is C20H34N4OS. The zero-order valence-electron chi connectivity index (χ0n) is 16.6. The van der Waals surface area contributed by atoms with E-state index in [1.165, 1.54) is 24.2 Å². The van der Waals surface area contributed by atoms with E-state index in [9.17, 15) is 0 Å². The van der Waals surface area contributed by atoms with Crippen molar-refractivity contribution in [3.05, 3.63) is 29.8 Å². The number of thioether (sulfide) groups is 1. The summed E-state index contributed by atoms with van der Waals surface area (Å²) in [6.07, 6.45) is 2.64. The number of guanidine groups is 1. The van der Waals surface area contributed by atoms with E-state index in [0.29, 0.717) is 5.25 Å². The molecule has 2 N–H and O–H groups in total. The van der Waals surface area contributed by atoms with Crippen LogP contribution >= 0.6 is 11.8 Å². The topological polar surface area (TPSA) is 48.9 Å². The van der Waals surface area contributed by atoms with E-state index in [4.69, 9.17) is 4.74 Å². The highest BCUT2D eigenvalue weighted by molar-refractivity contribution is 8.00. The first-order chi connectivity index (χ1) is 12.7. The van der Waals surface area contributed by atoms with Gasteiger partial charge in [-0.15, -0.1) is 0 Å². The van der Waals surface area contributed by atoms with Crippen molar-refractivity contribution >= 4 is 17.7 Å². The van der Waals surface area contributed by atoms with E-state index < -0.39 is 0 Å². The Balaban J connectivity index is 2.00. The number of hydrogen-bond acceptors (Lipinski definition) is 4. The van der Waals surface area contributed by atoms with E-state index in [-0.39, 0.29) is 6.04 Å². The van der Waals surface area contributed by atoms with E-state index >= 15 is 0 Å². The molecule has 0 spiro atoms. The highest BCUT2D eigenvalue weighted by Gasteiger charge is 2.20. The van der Waals surface area contributed by atoms with Crippen molar-refractivity contribution in [3.8, 4) is 5.75 Å². The predicted molar refractivity (Wildman–Crippen MR) is 114 cm³/mol. The standard InChI is InChI=1S/C20H34N4OS/c1-5-24(6-2)19(16-9-7-10-17(13-16)25-4)15-23-20(21-3)22-14-18-11-8-12-26-18/h7,9-10,13,18-19H,5-6,8,11-12,14-15H2,1-4H3,(H2,21,22,23). The summed E-state index contributed by atoms with van der Waals surface area (Å²) < 4.78 is 5.42. The van der Waals surface area contributed by atoms with Crippen molar-refractivity contribution in [3.63, 3.8) is 0 Å². The second-order valence-corrected chi connectivity index (χ2v) is 7.89. The quantitative estimate of drug-likeness (QED) is 0.511. The van der Waals surface area contributed by atoms with Gasteiger partial charge in [-0.1, -0.05) is 26.0 Å². The third-order valence-electron chi connectivity index (χ3n) is 4.94. The van der Waals surface area contributed by atoms with Gasteiger partial charge in [-0.25, -0.2) is 0 Å². The SMILES string of the molecule is CCN(CC)C(CNC(=NC)NCC1CCCS1)c1cccc(OC)c1. The average molecular weight is 379 g/mol. The Hall–Kier alpha value is -1.40. The highest BCUT2D eigenvalue weighted by atomic mass is 32.2. The second-order valence-electron chi connectivity index (χ2n) is 6.48. The number of ether oxygens (including phenoxy) is 1. The van der Waals surface area contributed by atoms with Crippen LogP contribution in [0, 0.1) is 0 Å². The number of likely N-dealkylation sites (N-methyl/N-ethyl adjacent to an activating group) is 1. The molecule has 26 heavy (non-hydrogen) atoms. The lowest BCUT2D eigenvalue weighted by Crippen LogP contribution is -2.44. The molecule has 1 aromatic rings. The molecule has 1 fully saturated rings. The van der Waals surface area contributed by atoms with Crippen LogP contribution in [0.15, 0.2) is 29.3 Å². The van der Waals surface area contributed by atoms with Crippen LogP contribution in [0.25, 0.3) is 0 Å². The minimum atomic E-state index is 0.277. The molecule has 1 aliphatic heterocycles. The molecule has 1 aromatic carbocycles. The largest absolute Gasteiger partial charge is 0.497 e. The van der Waals surface area contributed by atoms with Crippen molar-refractivity contribution < 1.29 is 4.74 Å². The van der Waals surface area contributed by atoms with Crippen LogP contribution in [0.4, 0.5) is 0 Å². The molecule has 1 heterocycles. The lowest BCUT2D eigenvalue weighted by atomic mass is 10.0. The predicted octanol–water partition coefficient (Wildman–Crippen LogP) is 3.14. The molecule has 1 aliphatic rings. The Morgan fingerprint density at radius 2 is 2.15 bits per heavy atom. The van der Waals surface area contributed by atoms with E-state index in [1.807, 2.05) is 13.1 Å². The van der Waals surface area contributed by atoms with Gasteiger partial charge in [-0.2, -0.15) is 11.8 Å². The van der Waals surface area contributed by atoms with Crippen molar-refractivity contribution in [1.82, 2.24) is 15.5 Å². The Morgan fingerprint density at radius 1 is 1.35 bits per heavy atom. The van der Waals surface area contributed by atoms with Crippen molar-refractivity contribution in [2.24, 2.45) is 4.99 Å². The monoisotopic (exact) mass is 378 g/mol. The van der Waals surface area contributed by atoms with Gasteiger partial charge in [-0.3, -0.25) is 9.89 Å². The zero-order chi connectivity index (χ0) is 18.8. The van der Waals surface area contributed by atoms with Crippen LogP contribution in [-0.2, 0) is 0 Å². The van der Waals surface area contributed by atoms with Gasteiger partial charge in [0, 0.05) is 25.4 Å². The molecule has 0 amide bonds. The molecule has 0 bridgehead atoms. The number of aliphatic imine (C=N–C) groups is 1. The average Bonchev–Trinajstić information content (AvgIpc) is 3.21. The molecule has 0 saturated carbocycles. The molecule has 5 nitrogen and oxygen atoms in total. The molecular weight excluding hydrogens is 344 g/mol. The number of nitrogens with zero attached hydrogens (tertiary/aromatic N) is 2. The van der Waals surface area contributed by atoms with Gasteiger partial charge in [-0.05, 0) is 49.4 Å². The molecule has 0 aliphatic carbocycles. The Kier molecular flexibility index (Phi) is 9.12. The van der Waals surface area contributed by atoms with E-state index in [1.54, 1.807) is 7.11 Å². The van der Waals surface area contributed by atoms with Crippen LogP contribution < -0.4 is 15.4 Å². The third-order valence-corrected chi connectivity index (χ3v) is 6.34. The van der Waals surface area contributed by atoms with Crippen molar-refractivity contribution in [2.75, 3.05) is 46.1 Å². The summed E-state index contributed by atoms with van der Waals surface area (Å²) in [6.45, 7) is 8.23. The maximum Gasteiger partial charge on any atom is 0.191 e. The molecule has 2 rings (SSSR count). The van der Waals surface area contributed by atoms with E-state index in [0.717, 1.165) is 37.9 Å².